The van der Waals surface area contributed by atoms with E-state index >= 15 is 0 Å². The lowest BCUT2D eigenvalue weighted by atomic mass is 9.97. The number of hydrogen-bond donors (Lipinski definition) is 0. The molecular weight excluding hydrogens is 204 g/mol. The second kappa shape index (κ2) is 6.43. The predicted molar refractivity (Wildman–Crippen MR) is 67.6 cm³/mol. The molecule has 0 aliphatic carbocycles. The molecule has 3 heteroatoms. The first-order valence-electron chi connectivity index (χ1n) is 6.03. The molecule has 2 atom stereocenters. The van der Waals surface area contributed by atoms with Crippen molar-refractivity contribution in [3.05, 3.63) is 0 Å². The van der Waals surface area contributed by atoms with E-state index in [4.69, 9.17) is 4.43 Å². The van der Waals surface area contributed by atoms with Crippen LogP contribution in [-0.4, -0.2) is 20.2 Å². The smallest absolute Gasteiger partial charge is 0.184 e. The molecule has 0 aromatic carbocycles. The summed E-state index contributed by atoms with van der Waals surface area (Å²) in [6, 6.07) is 0. The Morgan fingerprint density at radius 1 is 1.27 bits per heavy atom. The Kier molecular flexibility index (Phi) is 6.37. The molecule has 0 aliphatic rings. The van der Waals surface area contributed by atoms with Crippen LogP contribution in [0.15, 0.2) is 0 Å². The summed E-state index contributed by atoms with van der Waals surface area (Å²) in [5.41, 5.74) is 0. The van der Waals surface area contributed by atoms with Crippen molar-refractivity contribution in [2.75, 3.05) is 0 Å². The summed E-state index contributed by atoms with van der Waals surface area (Å²) in [6.45, 7) is 12.6. The number of carbonyl (C=O) groups is 1. The maximum absolute atomic E-state index is 12.0. The minimum Gasteiger partial charge on any atom is -0.408 e. The molecule has 0 saturated carbocycles. The summed E-state index contributed by atoms with van der Waals surface area (Å²) in [4.78, 5) is 12.0. The van der Waals surface area contributed by atoms with Crippen LogP contribution in [0, 0.1) is 5.92 Å². The molecule has 0 N–H and O–H groups in total. The Bertz CT molecular complexity index is 196. The molecule has 15 heavy (non-hydrogen) atoms. The highest BCUT2D eigenvalue weighted by Crippen LogP contribution is 2.17. The monoisotopic (exact) mass is 230 g/mol. The van der Waals surface area contributed by atoms with Crippen LogP contribution in [0.1, 0.15) is 40.0 Å². The van der Waals surface area contributed by atoms with Crippen molar-refractivity contribution in [1.82, 2.24) is 0 Å². The van der Waals surface area contributed by atoms with E-state index in [9.17, 15) is 4.79 Å². The van der Waals surface area contributed by atoms with Gasteiger partial charge in [-0.2, -0.15) is 0 Å². The fourth-order valence-corrected chi connectivity index (χ4v) is 2.55. The molecule has 90 valence electrons. The largest absolute Gasteiger partial charge is 0.408 e. The Hall–Kier alpha value is -0.153. The second-order valence-electron chi connectivity index (χ2n) is 5.22. The standard InChI is InChI=1S/C12H26O2Si/c1-7-9-11(14-15(4,5)6)12(13)10(3)8-2/h10-11H,7-9H2,1-6H3. The van der Waals surface area contributed by atoms with Gasteiger partial charge in [0.1, 0.15) is 6.10 Å². The summed E-state index contributed by atoms with van der Waals surface area (Å²) in [5, 5.41) is 0. The molecule has 2 unspecified atom stereocenters. The van der Waals surface area contributed by atoms with Crippen LogP contribution >= 0.6 is 0 Å². The summed E-state index contributed by atoms with van der Waals surface area (Å²) in [5.74, 6) is 0.430. The summed E-state index contributed by atoms with van der Waals surface area (Å²) >= 11 is 0. The van der Waals surface area contributed by atoms with Crippen LogP contribution in [0.2, 0.25) is 19.6 Å². The Balaban J connectivity index is 4.45. The van der Waals surface area contributed by atoms with Gasteiger partial charge in [0, 0.05) is 5.92 Å². The minimum absolute atomic E-state index is 0.137. The van der Waals surface area contributed by atoms with Crippen LogP contribution in [0.4, 0.5) is 0 Å². The van der Waals surface area contributed by atoms with Gasteiger partial charge in [-0.15, -0.1) is 0 Å². The molecule has 0 radical (unpaired) electrons. The Morgan fingerprint density at radius 3 is 2.13 bits per heavy atom. The maximum atomic E-state index is 12.0. The van der Waals surface area contributed by atoms with E-state index in [2.05, 4.69) is 33.5 Å². The quantitative estimate of drug-likeness (QED) is 0.624. The van der Waals surface area contributed by atoms with Gasteiger partial charge in [0.15, 0.2) is 14.1 Å². The van der Waals surface area contributed by atoms with Gasteiger partial charge in [0.25, 0.3) is 0 Å². The van der Waals surface area contributed by atoms with Gasteiger partial charge in [-0.3, -0.25) is 4.79 Å². The highest BCUT2D eigenvalue weighted by Gasteiger charge is 2.28. The number of rotatable bonds is 7. The average Bonchev–Trinajstić information content (AvgIpc) is 2.13. The lowest BCUT2D eigenvalue weighted by Gasteiger charge is -2.27. The zero-order valence-corrected chi connectivity index (χ0v) is 12.1. The van der Waals surface area contributed by atoms with E-state index in [-0.39, 0.29) is 12.0 Å². The fraction of sp³-hybridized carbons (Fsp3) is 0.917. The van der Waals surface area contributed by atoms with Crippen molar-refractivity contribution in [3.8, 4) is 0 Å². The first kappa shape index (κ1) is 14.8. The number of carbonyl (C=O) groups excluding carboxylic acids is 1. The lowest BCUT2D eigenvalue weighted by Crippen LogP contribution is -2.38. The van der Waals surface area contributed by atoms with E-state index in [1.807, 2.05) is 6.92 Å². The number of ketones is 1. The molecular formula is C12H26O2Si. The molecule has 0 rings (SSSR count). The molecule has 0 heterocycles. The molecule has 0 spiro atoms. The van der Waals surface area contributed by atoms with Crippen LogP contribution < -0.4 is 0 Å². The molecule has 0 saturated heterocycles. The SMILES string of the molecule is CCCC(O[Si](C)(C)C)C(=O)C(C)CC. The normalized spacial score (nSPS) is 16.1. The maximum Gasteiger partial charge on any atom is 0.184 e. The van der Waals surface area contributed by atoms with Crippen molar-refractivity contribution < 1.29 is 9.22 Å². The zero-order chi connectivity index (χ0) is 12.1. The van der Waals surface area contributed by atoms with Crippen molar-refractivity contribution >= 4 is 14.1 Å². The molecule has 2 nitrogen and oxygen atoms in total. The van der Waals surface area contributed by atoms with Crippen molar-refractivity contribution in [2.24, 2.45) is 5.92 Å². The van der Waals surface area contributed by atoms with Crippen LogP contribution in [0.3, 0.4) is 0 Å². The van der Waals surface area contributed by atoms with Gasteiger partial charge in [-0.05, 0) is 32.5 Å². The molecule has 0 aromatic rings. The average molecular weight is 230 g/mol. The molecule has 0 bridgehead atoms. The van der Waals surface area contributed by atoms with E-state index in [1.54, 1.807) is 0 Å². The van der Waals surface area contributed by atoms with Gasteiger partial charge >= 0.3 is 0 Å². The Labute approximate surface area is 95.5 Å². The third kappa shape index (κ3) is 6.10. The van der Waals surface area contributed by atoms with Crippen LogP contribution in [0.25, 0.3) is 0 Å². The van der Waals surface area contributed by atoms with Crippen molar-refractivity contribution in [2.45, 2.75) is 65.8 Å². The fourth-order valence-electron chi connectivity index (χ4n) is 1.47. The second-order valence-corrected chi connectivity index (χ2v) is 9.68. The molecule has 0 fully saturated rings. The van der Waals surface area contributed by atoms with Gasteiger partial charge in [0.05, 0.1) is 0 Å². The molecule has 0 aliphatic heterocycles. The Morgan fingerprint density at radius 2 is 1.80 bits per heavy atom. The number of hydrogen-bond acceptors (Lipinski definition) is 2. The van der Waals surface area contributed by atoms with Gasteiger partial charge in [-0.25, -0.2) is 0 Å². The third-order valence-corrected chi connectivity index (χ3v) is 3.45. The first-order valence-corrected chi connectivity index (χ1v) is 9.44. The van der Waals surface area contributed by atoms with Gasteiger partial charge in [-0.1, -0.05) is 27.2 Å². The minimum atomic E-state index is -1.60. The summed E-state index contributed by atoms with van der Waals surface area (Å²) in [6.07, 6.45) is 2.63. The van der Waals surface area contributed by atoms with Crippen LogP contribution in [-0.2, 0) is 9.22 Å². The van der Waals surface area contributed by atoms with Gasteiger partial charge < -0.3 is 4.43 Å². The highest BCUT2D eigenvalue weighted by atomic mass is 28.4. The summed E-state index contributed by atoms with van der Waals surface area (Å²) < 4.78 is 5.95. The number of Topliss-reactive ketones (excluding diaryl/α,β-unsaturated/α-hetero) is 1. The van der Waals surface area contributed by atoms with Crippen LogP contribution in [0.5, 0.6) is 0 Å². The highest BCUT2D eigenvalue weighted by molar-refractivity contribution is 6.69. The summed E-state index contributed by atoms with van der Waals surface area (Å²) in [7, 11) is -1.60. The third-order valence-electron chi connectivity index (χ3n) is 2.46. The van der Waals surface area contributed by atoms with E-state index < -0.39 is 8.32 Å². The molecule has 0 aromatic heterocycles. The van der Waals surface area contributed by atoms with Crippen molar-refractivity contribution in [1.29, 1.82) is 0 Å². The predicted octanol–water partition coefficient (Wildman–Crippen LogP) is 3.62. The molecule has 0 amide bonds. The van der Waals surface area contributed by atoms with E-state index in [0.29, 0.717) is 5.78 Å². The van der Waals surface area contributed by atoms with E-state index in [1.165, 1.54) is 0 Å². The lowest BCUT2D eigenvalue weighted by molar-refractivity contribution is -0.130. The van der Waals surface area contributed by atoms with Crippen molar-refractivity contribution in [3.63, 3.8) is 0 Å². The van der Waals surface area contributed by atoms with Gasteiger partial charge in [0.2, 0.25) is 0 Å². The van der Waals surface area contributed by atoms with E-state index in [0.717, 1.165) is 19.3 Å². The zero-order valence-electron chi connectivity index (χ0n) is 11.1. The topological polar surface area (TPSA) is 26.3 Å². The first-order chi connectivity index (χ1) is 6.81.